The number of carboxylic acid groups (broad SMARTS) is 1. The number of halogens is 1. The smallest absolute Gasteiger partial charge is 0.305 e. The van der Waals surface area contributed by atoms with Gasteiger partial charge in [0.25, 0.3) is 0 Å². The topological polar surface area (TPSA) is 66.4 Å². The van der Waals surface area contributed by atoms with Crippen LogP contribution in [-0.2, 0) is 16.0 Å². The lowest BCUT2D eigenvalue weighted by atomic mass is 10.1. The minimum atomic E-state index is -0.897. The lowest BCUT2D eigenvalue weighted by molar-refractivity contribution is -0.137. The lowest BCUT2D eigenvalue weighted by Gasteiger charge is -2.14. The molecule has 1 unspecified atom stereocenters. The Morgan fingerprint density at radius 1 is 1.33 bits per heavy atom. The van der Waals surface area contributed by atoms with Gasteiger partial charge >= 0.3 is 5.97 Å². The number of hydrogen-bond acceptors (Lipinski definition) is 2. The van der Waals surface area contributed by atoms with Crippen molar-refractivity contribution in [3.8, 4) is 0 Å². The molecule has 0 fully saturated rings. The molecule has 4 nitrogen and oxygen atoms in total. The quantitative estimate of drug-likeness (QED) is 0.847. The largest absolute Gasteiger partial charge is 0.481 e. The minimum Gasteiger partial charge on any atom is -0.481 e. The van der Waals surface area contributed by atoms with Crippen LogP contribution >= 0.6 is 15.9 Å². The second-order valence-electron chi connectivity index (χ2n) is 4.07. The van der Waals surface area contributed by atoms with Gasteiger partial charge in [-0.2, -0.15) is 0 Å². The molecule has 2 N–H and O–H groups in total. The molecule has 1 atom stereocenters. The monoisotopic (exact) mass is 313 g/mol. The zero-order chi connectivity index (χ0) is 13.5. The molecule has 0 spiro atoms. The average molecular weight is 314 g/mol. The van der Waals surface area contributed by atoms with E-state index in [1.165, 1.54) is 0 Å². The minimum absolute atomic E-state index is 0.0391. The fourth-order valence-electron chi connectivity index (χ4n) is 1.57. The summed E-state index contributed by atoms with van der Waals surface area (Å²) in [4.78, 5) is 22.3. The maximum Gasteiger partial charge on any atom is 0.305 e. The van der Waals surface area contributed by atoms with Gasteiger partial charge < -0.3 is 10.4 Å². The third-order valence-electron chi connectivity index (χ3n) is 2.56. The molecule has 1 rings (SSSR count). The summed E-state index contributed by atoms with van der Waals surface area (Å²) in [5.74, 6) is -1.05. The predicted octanol–water partition coefficient (Wildman–Crippen LogP) is 2.36. The fourth-order valence-corrected chi connectivity index (χ4v) is 1.84. The van der Waals surface area contributed by atoms with Crippen LogP contribution in [0.5, 0.6) is 0 Å². The van der Waals surface area contributed by atoms with Crippen molar-refractivity contribution in [3.05, 3.63) is 34.3 Å². The van der Waals surface area contributed by atoms with Crippen molar-refractivity contribution >= 4 is 27.8 Å². The highest BCUT2D eigenvalue weighted by Gasteiger charge is 2.14. The van der Waals surface area contributed by atoms with Crippen molar-refractivity contribution in [2.24, 2.45) is 0 Å². The molecule has 0 heterocycles. The number of rotatable bonds is 6. The maximum absolute atomic E-state index is 11.7. The van der Waals surface area contributed by atoms with Crippen LogP contribution in [0.3, 0.4) is 0 Å². The molecule has 0 radical (unpaired) electrons. The molecule has 0 aromatic heterocycles. The molecule has 1 aromatic rings. The first-order valence-electron chi connectivity index (χ1n) is 5.77. The van der Waals surface area contributed by atoms with Gasteiger partial charge in [0.15, 0.2) is 0 Å². The molecule has 0 saturated carbocycles. The third-order valence-corrected chi connectivity index (χ3v) is 3.09. The van der Waals surface area contributed by atoms with Gasteiger partial charge in [0, 0.05) is 10.5 Å². The molecule has 0 bridgehead atoms. The lowest BCUT2D eigenvalue weighted by Crippen LogP contribution is -2.36. The van der Waals surface area contributed by atoms with Crippen molar-refractivity contribution in [1.82, 2.24) is 5.32 Å². The highest BCUT2D eigenvalue weighted by atomic mass is 79.9. The van der Waals surface area contributed by atoms with Crippen LogP contribution in [0, 0.1) is 0 Å². The summed E-state index contributed by atoms with van der Waals surface area (Å²) >= 11 is 3.32. The van der Waals surface area contributed by atoms with Crippen LogP contribution < -0.4 is 5.32 Å². The second kappa shape index (κ2) is 7.16. The molecule has 0 aliphatic carbocycles. The van der Waals surface area contributed by atoms with Crippen molar-refractivity contribution in [1.29, 1.82) is 0 Å². The summed E-state index contributed by atoms with van der Waals surface area (Å²) < 4.78 is 0.962. The van der Waals surface area contributed by atoms with Crippen LogP contribution in [0.4, 0.5) is 0 Å². The fraction of sp³-hybridized carbons (Fsp3) is 0.385. The summed E-state index contributed by atoms with van der Waals surface area (Å²) in [5, 5.41) is 11.4. The van der Waals surface area contributed by atoms with Crippen LogP contribution in [-0.4, -0.2) is 23.0 Å². The Labute approximate surface area is 115 Å². The van der Waals surface area contributed by atoms with Gasteiger partial charge in [-0.3, -0.25) is 9.59 Å². The average Bonchev–Trinajstić information content (AvgIpc) is 2.30. The number of nitrogens with one attached hydrogen (secondary N) is 1. The van der Waals surface area contributed by atoms with E-state index in [0.717, 1.165) is 10.0 Å². The van der Waals surface area contributed by atoms with Crippen molar-refractivity contribution in [2.45, 2.75) is 32.2 Å². The van der Waals surface area contributed by atoms with Gasteiger partial charge in [0.05, 0.1) is 12.8 Å². The molecule has 5 heteroatoms. The van der Waals surface area contributed by atoms with Crippen LogP contribution in [0.2, 0.25) is 0 Å². The van der Waals surface area contributed by atoms with E-state index in [0.29, 0.717) is 6.42 Å². The normalized spacial score (nSPS) is 11.9. The first-order chi connectivity index (χ1) is 8.51. The molecule has 0 aliphatic heterocycles. The van der Waals surface area contributed by atoms with E-state index < -0.39 is 5.97 Å². The summed E-state index contributed by atoms with van der Waals surface area (Å²) in [6.07, 6.45) is 0.838. The third kappa shape index (κ3) is 5.31. The van der Waals surface area contributed by atoms with Gasteiger partial charge in [-0.05, 0) is 24.1 Å². The summed E-state index contributed by atoms with van der Waals surface area (Å²) in [7, 11) is 0. The standard InChI is InChI=1S/C13H16BrNO3/c1-2-11(8-13(17)18)15-12(16)7-9-3-5-10(14)6-4-9/h3-6,11H,2,7-8H2,1H3,(H,15,16)(H,17,18). The van der Waals surface area contributed by atoms with Crippen molar-refractivity contribution in [2.75, 3.05) is 0 Å². The second-order valence-corrected chi connectivity index (χ2v) is 4.99. The zero-order valence-electron chi connectivity index (χ0n) is 10.1. The van der Waals surface area contributed by atoms with E-state index >= 15 is 0 Å². The van der Waals surface area contributed by atoms with Crippen LogP contribution in [0.1, 0.15) is 25.3 Å². The molecule has 0 saturated heterocycles. The number of hydrogen-bond donors (Lipinski definition) is 2. The Bertz CT molecular complexity index is 417. The van der Waals surface area contributed by atoms with Crippen LogP contribution in [0.15, 0.2) is 28.7 Å². The Balaban J connectivity index is 2.49. The molecule has 1 aromatic carbocycles. The summed E-state index contributed by atoms with van der Waals surface area (Å²) in [6.45, 7) is 1.85. The Morgan fingerprint density at radius 3 is 2.44 bits per heavy atom. The first kappa shape index (κ1) is 14.7. The Morgan fingerprint density at radius 2 is 1.94 bits per heavy atom. The van der Waals surface area contributed by atoms with Crippen molar-refractivity contribution < 1.29 is 14.7 Å². The molecular weight excluding hydrogens is 298 g/mol. The number of benzene rings is 1. The van der Waals surface area contributed by atoms with Crippen molar-refractivity contribution in [3.63, 3.8) is 0 Å². The van der Waals surface area contributed by atoms with E-state index in [4.69, 9.17) is 5.11 Å². The van der Waals surface area contributed by atoms with Gasteiger partial charge in [-0.15, -0.1) is 0 Å². The van der Waals surface area contributed by atoms with E-state index in [1.54, 1.807) is 0 Å². The molecular formula is C13H16BrNO3. The highest BCUT2D eigenvalue weighted by Crippen LogP contribution is 2.11. The molecule has 1 amide bonds. The van der Waals surface area contributed by atoms with Gasteiger partial charge in [0.2, 0.25) is 5.91 Å². The Hall–Kier alpha value is -1.36. The number of amides is 1. The van der Waals surface area contributed by atoms with E-state index in [9.17, 15) is 9.59 Å². The SMILES string of the molecule is CCC(CC(=O)O)NC(=O)Cc1ccc(Br)cc1. The number of carboxylic acids is 1. The van der Waals surface area contributed by atoms with E-state index in [-0.39, 0.29) is 24.8 Å². The first-order valence-corrected chi connectivity index (χ1v) is 6.56. The number of carbonyl (C=O) groups is 2. The summed E-state index contributed by atoms with van der Waals surface area (Å²) in [5.41, 5.74) is 0.904. The van der Waals surface area contributed by atoms with E-state index in [2.05, 4.69) is 21.2 Å². The van der Waals surface area contributed by atoms with Gasteiger partial charge in [0.1, 0.15) is 0 Å². The molecule has 0 aliphatic rings. The highest BCUT2D eigenvalue weighted by molar-refractivity contribution is 9.10. The molecule has 18 heavy (non-hydrogen) atoms. The summed E-state index contributed by atoms with van der Waals surface area (Å²) in [6, 6.07) is 7.17. The van der Waals surface area contributed by atoms with E-state index in [1.807, 2.05) is 31.2 Å². The van der Waals surface area contributed by atoms with Gasteiger partial charge in [-0.1, -0.05) is 35.0 Å². The number of aliphatic carboxylic acids is 1. The van der Waals surface area contributed by atoms with Crippen LogP contribution in [0.25, 0.3) is 0 Å². The number of carbonyl (C=O) groups excluding carboxylic acids is 1. The maximum atomic E-state index is 11.7. The Kier molecular flexibility index (Phi) is 5.85. The zero-order valence-corrected chi connectivity index (χ0v) is 11.7. The molecule has 98 valence electrons. The van der Waals surface area contributed by atoms with Gasteiger partial charge in [-0.25, -0.2) is 0 Å². The predicted molar refractivity (Wildman–Crippen MR) is 72.3 cm³/mol.